The summed E-state index contributed by atoms with van der Waals surface area (Å²) in [5.41, 5.74) is 0.319. The third kappa shape index (κ3) is 9.32. The lowest BCUT2D eigenvalue weighted by Crippen LogP contribution is -2.21. The van der Waals surface area contributed by atoms with Gasteiger partial charge >= 0.3 is 11.9 Å². The largest absolute Gasteiger partial charge is 0.464 e. The number of ether oxygens (including phenoxy) is 3. The summed E-state index contributed by atoms with van der Waals surface area (Å²) in [4.78, 5) is 34.7. The summed E-state index contributed by atoms with van der Waals surface area (Å²) in [5.74, 6) is -1.20. The molecular weight excluding hydrogens is 336 g/mol. The van der Waals surface area contributed by atoms with Crippen molar-refractivity contribution in [2.75, 3.05) is 19.8 Å². The number of carbonyl (C=O) groups is 3. The van der Waals surface area contributed by atoms with Crippen LogP contribution >= 0.6 is 0 Å². The number of hydrogen-bond donors (Lipinski definition) is 0. The topological polar surface area (TPSA) is 78.9 Å². The normalized spacial score (nSPS) is 10.4. The number of unbranched alkanes of at least 4 members (excludes halogenated alkanes) is 5. The first kappa shape index (κ1) is 21.8. The lowest BCUT2D eigenvalue weighted by molar-refractivity contribution is -0.152. The standard InChI is InChI=1S/C20H28O6/c1-3-4-5-6-7-10-13-25-19(22)14-24-15-20(23)26-18-12-9-8-11-17(18)16(2)21/h8-9,11-12H,3-7,10,13-15H2,1-2H3. The van der Waals surface area contributed by atoms with Crippen LogP contribution in [0.2, 0.25) is 0 Å². The van der Waals surface area contributed by atoms with Crippen molar-refractivity contribution >= 4 is 17.7 Å². The summed E-state index contributed by atoms with van der Waals surface area (Å²) >= 11 is 0. The van der Waals surface area contributed by atoms with Crippen LogP contribution in [0.5, 0.6) is 5.75 Å². The maximum atomic E-state index is 11.7. The van der Waals surface area contributed by atoms with E-state index >= 15 is 0 Å². The quantitative estimate of drug-likeness (QED) is 0.230. The summed E-state index contributed by atoms with van der Waals surface area (Å²) in [6.07, 6.45) is 6.67. The van der Waals surface area contributed by atoms with Crippen LogP contribution in [0.1, 0.15) is 62.7 Å². The van der Waals surface area contributed by atoms with Gasteiger partial charge in [-0.15, -0.1) is 0 Å². The van der Waals surface area contributed by atoms with Gasteiger partial charge in [-0.3, -0.25) is 4.79 Å². The van der Waals surface area contributed by atoms with Crippen molar-refractivity contribution in [3.8, 4) is 5.75 Å². The van der Waals surface area contributed by atoms with E-state index in [0.717, 1.165) is 19.3 Å². The molecule has 0 amide bonds. The van der Waals surface area contributed by atoms with Crippen LogP contribution < -0.4 is 4.74 Å². The lowest BCUT2D eigenvalue weighted by atomic mass is 10.1. The van der Waals surface area contributed by atoms with Crippen molar-refractivity contribution in [3.63, 3.8) is 0 Å². The number of benzene rings is 1. The molecule has 144 valence electrons. The zero-order valence-corrected chi connectivity index (χ0v) is 15.6. The Morgan fingerprint density at radius 3 is 2.27 bits per heavy atom. The van der Waals surface area contributed by atoms with E-state index in [1.54, 1.807) is 18.2 Å². The molecule has 1 aromatic rings. The van der Waals surface area contributed by atoms with E-state index in [1.807, 2.05) is 0 Å². The van der Waals surface area contributed by atoms with Crippen LogP contribution in [0, 0.1) is 0 Å². The Hall–Kier alpha value is -2.21. The molecule has 1 rings (SSSR count). The van der Waals surface area contributed by atoms with Crippen LogP contribution in [0.3, 0.4) is 0 Å². The molecule has 0 aliphatic heterocycles. The van der Waals surface area contributed by atoms with Crippen molar-refractivity contribution in [2.45, 2.75) is 52.4 Å². The third-order valence-electron chi connectivity index (χ3n) is 3.69. The monoisotopic (exact) mass is 364 g/mol. The summed E-state index contributed by atoms with van der Waals surface area (Å²) in [6.45, 7) is 3.23. The van der Waals surface area contributed by atoms with E-state index in [2.05, 4.69) is 6.92 Å². The first-order valence-electron chi connectivity index (χ1n) is 9.08. The number of carbonyl (C=O) groups excluding carboxylic acids is 3. The van der Waals surface area contributed by atoms with Gasteiger partial charge in [0.25, 0.3) is 0 Å². The zero-order chi connectivity index (χ0) is 19.2. The van der Waals surface area contributed by atoms with Gasteiger partial charge in [0, 0.05) is 0 Å². The van der Waals surface area contributed by atoms with Gasteiger partial charge in [-0.05, 0) is 25.5 Å². The average molecular weight is 364 g/mol. The molecule has 0 heterocycles. The van der Waals surface area contributed by atoms with Crippen molar-refractivity contribution in [2.24, 2.45) is 0 Å². The molecule has 0 atom stereocenters. The Bertz CT molecular complexity index is 581. The molecule has 0 N–H and O–H groups in total. The minimum atomic E-state index is -0.678. The Kier molecular flexibility index (Phi) is 11.0. The molecule has 0 aliphatic carbocycles. The van der Waals surface area contributed by atoms with Crippen molar-refractivity contribution in [3.05, 3.63) is 29.8 Å². The smallest absolute Gasteiger partial charge is 0.337 e. The highest BCUT2D eigenvalue weighted by molar-refractivity contribution is 5.97. The number of rotatable bonds is 13. The fraction of sp³-hybridized carbons (Fsp3) is 0.550. The first-order chi connectivity index (χ1) is 12.5. The Morgan fingerprint density at radius 2 is 1.54 bits per heavy atom. The molecule has 0 radical (unpaired) electrons. The number of esters is 2. The third-order valence-corrected chi connectivity index (χ3v) is 3.69. The second kappa shape index (κ2) is 13.1. The Morgan fingerprint density at radius 1 is 0.885 bits per heavy atom. The summed E-state index contributed by atoms with van der Waals surface area (Å²) in [7, 11) is 0. The van der Waals surface area contributed by atoms with Crippen LogP contribution in [-0.2, 0) is 19.1 Å². The molecular formula is C20H28O6. The highest BCUT2D eigenvalue weighted by Crippen LogP contribution is 2.18. The summed E-state index contributed by atoms with van der Waals surface area (Å²) < 4.78 is 15.1. The van der Waals surface area contributed by atoms with E-state index in [4.69, 9.17) is 14.2 Å². The van der Waals surface area contributed by atoms with Crippen LogP contribution in [-0.4, -0.2) is 37.5 Å². The molecule has 26 heavy (non-hydrogen) atoms. The van der Waals surface area contributed by atoms with Crippen LogP contribution in [0.4, 0.5) is 0 Å². The second-order valence-corrected chi connectivity index (χ2v) is 6.01. The number of hydrogen-bond acceptors (Lipinski definition) is 6. The van der Waals surface area contributed by atoms with E-state index < -0.39 is 18.5 Å². The van der Waals surface area contributed by atoms with Gasteiger partial charge in [-0.1, -0.05) is 51.2 Å². The summed E-state index contributed by atoms with van der Waals surface area (Å²) in [5, 5.41) is 0. The van der Waals surface area contributed by atoms with Gasteiger partial charge in [-0.25, -0.2) is 9.59 Å². The molecule has 0 unspecified atom stereocenters. The first-order valence-corrected chi connectivity index (χ1v) is 9.08. The zero-order valence-electron chi connectivity index (χ0n) is 15.6. The molecule has 0 bridgehead atoms. The Labute approximate surface area is 154 Å². The van der Waals surface area contributed by atoms with Crippen LogP contribution in [0.15, 0.2) is 24.3 Å². The van der Waals surface area contributed by atoms with Crippen molar-refractivity contribution < 1.29 is 28.6 Å². The van der Waals surface area contributed by atoms with E-state index in [9.17, 15) is 14.4 Å². The Balaban J connectivity index is 2.16. The molecule has 0 spiro atoms. The lowest BCUT2D eigenvalue weighted by Gasteiger charge is -2.08. The summed E-state index contributed by atoms with van der Waals surface area (Å²) in [6, 6.07) is 6.45. The van der Waals surface area contributed by atoms with Crippen LogP contribution in [0.25, 0.3) is 0 Å². The molecule has 6 nitrogen and oxygen atoms in total. The van der Waals surface area contributed by atoms with Gasteiger partial charge in [0.05, 0.1) is 12.2 Å². The van der Waals surface area contributed by atoms with E-state index in [0.29, 0.717) is 12.2 Å². The SMILES string of the molecule is CCCCCCCCOC(=O)COCC(=O)Oc1ccccc1C(C)=O. The maximum Gasteiger partial charge on any atom is 0.337 e. The minimum Gasteiger partial charge on any atom is -0.464 e. The molecule has 0 saturated heterocycles. The molecule has 0 aromatic heterocycles. The fourth-order valence-electron chi connectivity index (χ4n) is 2.33. The molecule has 6 heteroatoms. The van der Waals surface area contributed by atoms with Gasteiger partial charge in [-0.2, -0.15) is 0 Å². The highest BCUT2D eigenvalue weighted by Gasteiger charge is 2.13. The number of para-hydroxylation sites is 1. The molecule has 1 aromatic carbocycles. The van der Waals surface area contributed by atoms with Crippen molar-refractivity contribution in [1.29, 1.82) is 0 Å². The number of ketones is 1. The molecule has 0 aliphatic rings. The minimum absolute atomic E-state index is 0.180. The molecule has 0 fully saturated rings. The van der Waals surface area contributed by atoms with Gasteiger partial charge in [0.2, 0.25) is 0 Å². The predicted molar refractivity (Wildman–Crippen MR) is 97.2 cm³/mol. The maximum absolute atomic E-state index is 11.7. The second-order valence-electron chi connectivity index (χ2n) is 6.01. The fourth-order valence-corrected chi connectivity index (χ4v) is 2.33. The van der Waals surface area contributed by atoms with Gasteiger partial charge < -0.3 is 14.2 Å². The average Bonchev–Trinajstić information content (AvgIpc) is 2.61. The van der Waals surface area contributed by atoms with E-state index in [-0.39, 0.29) is 18.1 Å². The number of Topliss-reactive ketones (excluding diaryl/α,β-unsaturated/α-hetero) is 1. The van der Waals surface area contributed by atoms with Crippen molar-refractivity contribution in [1.82, 2.24) is 0 Å². The van der Waals surface area contributed by atoms with E-state index in [1.165, 1.54) is 32.3 Å². The van der Waals surface area contributed by atoms with Gasteiger partial charge in [0.15, 0.2) is 5.78 Å². The highest BCUT2D eigenvalue weighted by atomic mass is 16.6. The van der Waals surface area contributed by atoms with Gasteiger partial charge in [0.1, 0.15) is 19.0 Å². The predicted octanol–water partition coefficient (Wildman–Crippen LogP) is 3.71. The molecule has 0 saturated carbocycles.